The number of rotatable bonds is 4. The molecule has 8 heteroatoms. The van der Waals surface area contributed by atoms with Crippen LogP contribution in [0, 0.1) is 11.2 Å². The van der Waals surface area contributed by atoms with Crippen molar-refractivity contribution in [3.63, 3.8) is 0 Å². The first kappa shape index (κ1) is 23.3. The molecule has 0 radical (unpaired) electrons. The molecule has 3 heterocycles. The molecule has 1 amide bonds. The zero-order valence-corrected chi connectivity index (χ0v) is 20.4. The van der Waals surface area contributed by atoms with Crippen molar-refractivity contribution in [1.82, 2.24) is 14.9 Å². The maximum atomic E-state index is 13.3. The van der Waals surface area contributed by atoms with Crippen LogP contribution in [0.4, 0.5) is 21.8 Å². The van der Waals surface area contributed by atoms with Crippen molar-refractivity contribution >= 4 is 23.4 Å². The van der Waals surface area contributed by atoms with Gasteiger partial charge in [-0.1, -0.05) is 20.8 Å². The predicted octanol–water partition coefficient (Wildman–Crippen LogP) is 3.33. The zero-order valence-electron chi connectivity index (χ0n) is 20.4. The smallest absolute Gasteiger partial charge is 0.227 e. The molecule has 7 nitrogen and oxygen atoms in total. The number of fused-ring (bicyclic) bond motifs is 1. The standard InChI is InChI=1S/C25H35FN6O/c1-25(2,3)16-22(33)32-11-10-21-20(17-32)23(29(4)5)28-24(27-21)31-14-12-30(13-15-31)19-8-6-18(26)7-9-19/h6-9H,10-17H2,1-5H3. The summed E-state index contributed by atoms with van der Waals surface area (Å²) in [6.07, 6.45) is 1.29. The number of piperazine rings is 1. The van der Waals surface area contributed by atoms with Gasteiger partial charge < -0.3 is 19.6 Å². The average molecular weight is 455 g/mol. The van der Waals surface area contributed by atoms with E-state index in [-0.39, 0.29) is 17.1 Å². The molecular formula is C25H35FN6O. The topological polar surface area (TPSA) is 55.8 Å². The van der Waals surface area contributed by atoms with Gasteiger partial charge in [0.05, 0.1) is 12.2 Å². The number of hydrogen-bond donors (Lipinski definition) is 0. The quantitative estimate of drug-likeness (QED) is 0.707. The molecule has 0 saturated carbocycles. The fraction of sp³-hybridized carbons (Fsp3) is 0.560. The van der Waals surface area contributed by atoms with Gasteiger partial charge in [0.2, 0.25) is 11.9 Å². The van der Waals surface area contributed by atoms with E-state index < -0.39 is 0 Å². The fourth-order valence-electron chi connectivity index (χ4n) is 4.49. The normalized spacial score (nSPS) is 16.6. The summed E-state index contributed by atoms with van der Waals surface area (Å²) in [6.45, 7) is 10.8. The number of aromatic nitrogens is 2. The molecule has 1 aromatic heterocycles. The lowest BCUT2D eigenvalue weighted by Gasteiger charge is -2.37. The molecule has 2 aromatic rings. The summed E-state index contributed by atoms with van der Waals surface area (Å²) >= 11 is 0. The van der Waals surface area contributed by atoms with Gasteiger partial charge in [0.25, 0.3) is 0 Å². The van der Waals surface area contributed by atoms with Gasteiger partial charge in [-0.25, -0.2) is 9.37 Å². The molecule has 2 aliphatic rings. The number of carbonyl (C=O) groups is 1. The van der Waals surface area contributed by atoms with Gasteiger partial charge >= 0.3 is 0 Å². The summed E-state index contributed by atoms with van der Waals surface area (Å²) in [6, 6.07) is 6.68. The lowest BCUT2D eigenvalue weighted by atomic mass is 9.91. The van der Waals surface area contributed by atoms with E-state index >= 15 is 0 Å². The molecule has 0 bridgehead atoms. The molecule has 178 valence electrons. The number of benzene rings is 1. The van der Waals surface area contributed by atoms with Crippen LogP contribution >= 0.6 is 0 Å². The molecule has 1 saturated heterocycles. The molecule has 0 N–H and O–H groups in total. The third-order valence-electron chi connectivity index (χ3n) is 6.24. The Morgan fingerprint density at radius 3 is 2.24 bits per heavy atom. The van der Waals surface area contributed by atoms with Crippen LogP contribution in [0.15, 0.2) is 24.3 Å². The number of halogens is 1. The van der Waals surface area contributed by atoms with Crippen LogP contribution in [0.5, 0.6) is 0 Å². The van der Waals surface area contributed by atoms with Crippen LogP contribution in [-0.4, -0.2) is 67.6 Å². The number of anilines is 3. The van der Waals surface area contributed by atoms with Crippen molar-refractivity contribution in [2.75, 3.05) is 61.5 Å². The minimum absolute atomic E-state index is 0.0296. The van der Waals surface area contributed by atoms with E-state index in [2.05, 4.69) is 30.6 Å². The lowest BCUT2D eigenvalue weighted by molar-refractivity contribution is -0.134. The Hall–Kier alpha value is -2.90. The number of amides is 1. The zero-order chi connectivity index (χ0) is 23.8. The molecule has 1 aromatic carbocycles. The largest absolute Gasteiger partial charge is 0.368 e. The van der Waals surface area contributed by atoms with E-state index in [9.17, 15) is 9.18 Å². The summed E-state index contributed by atoms with van der Waals surface area (Å²) in [5.41, 5.74) is 3.11. The molecule has 33 heavy (non-hydrogen) atoms. The second kappa shape index (κ2) is 9.15. The van der Waals surface area contributed by atoms with Crippen molar-refractivity contribution in [1.29, 1.82) is 0 Å². The number of carbonyl (C=O) groups excluding carboxylic acids is 1. The Morgan fingerprint density at radius 1 is 1.00 bits per heavy atom. The third-order valence-corrected chi connectivity index (χ3v) is 6.24. The molecular weight excluding hydrogens is 419 g/mol. The molecule has 2 aliphatic heterocycles. The Morgan fingerprint density at radius 2 is 1.64 bits per heavy atom. The third kappa shape index (κ3) is 5.37. The SMILES string of the molecule is CN(C)c1nc(N2CCN(c3ccc(F)cc3)CC2)nc2c1CN(C(=O)CC(C)(C)C)CC2. The summed E-state index contributed by atoms with van der Waals surface area (Å²) < 4.78 is 13.3. The molecule has 0 atom stereocenters. The highest BCUT2D eigenvalue weighted by Gasteiger charge is 2.29. The van der Waals surface area contributed by atoms with Crippen LogP contribution in [0.25, 0.3) is 0 Å². The second-order valence-corrected chi connectivity index (χ2v) is 10.4. The number of hydrogen-bond acceptors (Lipinski definition) is 6. The van der Waals surface area contributed by atoms with E-state index in [1.165, 1.54) is 12.1 Å². The van der Waals surface area contributed by atoms with Gasteiger partial charge in [-0.3, -0.25) is 4.79 Å². The van der Waals surface area contributed by atoms with Gasteiger partial charge in [-0.05, 0) is 29.7 Å². The molecule has 4 rings (SSSR count). The van der Waals surface area contributed by atoms with E-state index in [1.54, 1.807) is 0 Å². The summed E-state index contributed by atoms with van der Waals surface area (Å²) in [5, 5.41) is 0. The van der Waals surface area contributed by atoms with Gasteiger partial charge in [-0.2, -0.15) is 4.98 Å². The summed E-state index contributed by atoms with van der Waals surface area (Å²) in [7, 11) is 3.99. The van der Waals surface area contributed by atoms with E-state index in [0.29, 0.717) is 19.5 Å². The first-order valence-electron chi connectivity index (χ1n) is 11.7. The monoisotopic (exact) mass is 454 g/mol. The first-order chi connectivity index (χ1) is 15.6. The van der Waals surface area contributed by atoms with Crippen molar-refractivity contribution in [3.05, 3.63) is 41.3 Å². The predicted molar refractivity (Wildman–Crippen MR) is 130 cm³/mol. The first-order valence-corrected chi connectivity index (χ1v) is 11.7. The van der Waals surface area contributed by atoms with E-state index in [0.717, 1.165) is 61.3 Å². The number of nitrogens with zero attached hydrogens (tertiary/aromatic N) is 6. The Labute approximate surface area is 196 Å². The molecule has 0 spiro atoms. The maximum Gasteiger partial charge on any atom is 0.227 e. The Balaban J connectivity index is 1.50. The highest BCUT2D eigenvalue weighted by Crippen LogP contribution is 2.30. The van der Waals surface area contributed by atoms with Crippen molar-refractivity contribution < 1.29 is 9.18 Å². The fourth-order valence-corrected chi connectivity index (χ4v) is 4.49. The average Bonchev–Trinajstić information content (AvgIpc) is 2.77. The summed E-state index contributed by atoms with van der Waals surface area (Å²) in [4.78, 5) is 31.1. The van der Waals surface area contributed by atoms with Crippen molar-refractivity contribution in [3.8, 4) is 0 Å². The van der Waals surface area contributed by atoms with E-state index in [1.807, 2.05) is 36.0 Å². The second-order valence-electron chi connectivity index (χ2n) is 10.4. The van der Waals surface area contributed by atoms with Crippen LogP contribution in [0.3, 0.4) is 0 Å². The molecule has 0 unspecified atom stereocenters. The lowest BCUT2D eigenvalue weighted by Crippen LogP contribution is -2.47. The highest BCUT2D eigenvalue weighted by molar-refractivity contribution is 5.77. The minimum Gasteiger partial charge on any atom is -0.368 e. The van der Waals surface area contributed by atoms with Crippen LogP contribution in [0.1, 0.15) is 38.4 Å². The Kier molecular flexibility index (Phi) is 6.45. The van der Waals surface area contributed by atoms with Gasteiger partial charge in [0.15, 0.2) is 0 Å². The molecule has 1 fully saturated rings. The van der Waals surface area contributed by atoms with Crippen LogP contribution < -0.4 is 14.7 Å². The van der Waals surface area contributed by atoms with Gasteiger partial charge in [-0.15, -0.1) is 0 Å². The molecule has 0 aliphatic carbocycles. The summed E-state index contributed by atoms with van der Waals surface area (Å²) in [5.74, 6) is 1.63. The van der Waals surface area contributed by atoms with Crippen molar-refractivity contribution in [2.45, 2.75) is 40.2 Å². The van der Waals surface area contributed by atoms with Gasteiger partial charge in [0, 0.05) is 70.9 Å². The van der Waals surface area contributed by atoms with Crippen molar-refractivity contribution in [2.24, 2.45) is 5.41 Å². The van der Waals surface area contributed by atoms with Crippen LogP contribution in [0.2, 0.25) is 0 Å². The van der Waals surface area contributed by atoms with Gasteiger partial charge in [0.1, 0.15) is 11.6 Å². The Bertz CT molecular complexity index is 993. The highest BCUT2D eigenvalue weighted by atomic mass is 19.1. The van der Waals surface area contributed by atoms with Crippen LogP contribution in [-0.2, 0) is 17.8 Å². The maximum absolute atomic E-state index is 13.3. The minimum atomic E-state index is -0.213. The van der Waals surface area contributed by atoms with E-state index in [4.69, 9.17) is 9.97 Å².